The second-order valence-corrected chi connectivity index (χ2v) is 7.49. The molecule has 0 aromatic heterocycles. The molecule has 0 fully saturated rings. The van der Waals surface area contributed by atoms with E-state index in [1.165, 1.54) is 4.31 Å². The lowest BCUT2D eigenvalue weighted by Crippen LogP contribution is -2.29. The zero-order chi connectivity index (χ0) is 16.2. The van der Waals surface area contributed by atoms with Crippen LogP contribution in [0.25, 0.3) is 0 Å². The summed E-state index contributed by atoms with van der Waals surface area (Å²) in [6, 6.07) is 1.80. The van der Waals surface area contributed by atoms with Crippen molar-refractivity contribution >= 4 is 10.0 Å². The van der Waals surface area contributed by atoms with Crippen molar-refractivity contribution in [3.63, 3.8) is 0 Å². The molecule has 0 aliphatic carbocycles. The van der Waals surface area contributed by atoms with Crippen LogP contribution < -0.4 is 4.74 Å². The second kappa shape index (κ2) is 7.27. The first kappa shape index (κ1) is 18.0. The Bertz CT molecular complexity index is 594. The van der Waals surface area contributed by atoms with Gasteiger partial charge in [0, 0.05) is 13.6 Å². The average Bonchev–Trinajstić information content (AvgIpc) is 2.42. The summed E-state index contributed by atoms with van der Waals surface area (Å²) in [5.74, 6) is 0.734. The van der Waals surface area contributed by atoms with Crippen molar-refractivity contribution in [1.29, 1.82) is 0 Å². The van der Waals surface area contributed by atoms with Gasteiger partial charge in [0.2, 0.25) is 10.0 Å². The number of hydrogen-bond acceptors (Lipinski definition) is 3. The van der Waals surface area contributed by atoms with Crippen LogP contribution >= 0.6 is 0 Å². The zero-order valence-corrected chi connectivity index (χ0v) is 14.8. The first-order valence-corrected chi connectivity index (χ1v) is 8.82. The molecule has 0 atom stereocenters. The maximum Gasteiger partial charge on any atom is 0.243 e. The van der Waals surface area contributed by atoms with Crippen LogP contribution in [0.15, 0.2) is 11.0 Å². The van der Waals surface area contributed by atoms with E-state index >= 15 is 0 Å². The largest absolute Gasteiger partial charge is 0.496 e. The van der Waals surface area contributed by atoms with Crippen molar-refractivity contribution in [2.24, 2.45) is 0 Å². The predicted octanol–water partition coefficient (Wildman–Crippen LogP) is 3.43. The van der Waals surface area contributed by atoms with E-state index in [0.29, 0.717) is 11.4 Å². The van der Waals surface area contributed by atoms with E-state index in [-0.39, 0.29) is 0 Å². The van der Waals surface area contributed by atoms with Gasteiger partial charge in [-0.25, -0.2) is 12.7 Å². The molecule has 120 valence electrons. The van der Waals surface area contributed by atoms with Crippen molar-refractivity contribution in [1.82, 2.24) is 4.31 Å². The molecular weight excluding hydrogens is 286 g/mol. The predicted molar refractivity (Wildman–Crippen MR) is 86.5 cm³/mol. The number of nitrogens with zero attached hydrogens (tertiary/aromatic N) is 1. The van der Waals surface area contributed by atoms with Gasteiger partial charge in [0.05, 0.1) is 12.0 Å². The topological polar surface area (TPSA) is 46.6 Å². The van der Waals surface area contributed by atoms with Crippen LogP contribution in [0, 0.1) is 20.8 Å². The Balaban J connectivity index is 3.23. The molecule has 0 saturated carbocycles. The molecule has 0 heterocycles. The van der Waals surface area contributed by atoms with E-state index in [4.69, 9.17) is 4.74 Å². The van der Waals surface area contributed by atoms with Gasteiger partial charge in [-0.3, -0.25) is 0 Å². The number of sulfonamides is 1. The van der Waals surface area contributed by atoms with Gasteiger partial charge in [0.15, 0.2) is 0 Å². The maximum atomic E-state index is 12.8. The van der Waals surface area contributed by atoms with Crippen molar-refractivity contribution in [3.05, 3.63) is 22.8 Å². The van der Waals surface area contributed by atoms with Crippen LogP contribution in [-0.2, 0) is 10.0 Å². The molecule has 1 rings (SSSR count). The highest BCUT2D eigenvalue weighted by Gasteiger charge is 2.26. The normalized spacial score (nSPS) is 12.0. The van der Waals surface area contributed by atoms with Crippen molar-refractivity contribution in [3.8, 4) is 5.75 Å². The summed E-state index contributed by atoms with van der Waals surface area (Å²) in [6.45, 7) is 8.22. The number of rotatable bonds is 7. The molecule has 0 unspecified atom stereocenters. The summed E-state index contributed by atoms with van der Waals surface area (Å²) in [7, 11) is -0.191. The van der Waals surface area contributed by atoms with Gasteiger partial charge in [0.25, 0.3) is 0 Å². The monoisotopic (exact) mass is 313 g/mol. The highest BCUT2D eigenvalue weighted by Crippen LogP contribution is 2.31. The quantitative estimate of drug-likeness (QED) is 0.725. The molecule has 0 N–H and O–H groups in total. The van der Waals surface area contributed by atoms with Gasteiger partial charge >= 0.3 is 0 Å². The average molecular weight is 313 g/mol. The number of hydrogen-bond donors (Lipinski definition) is 0. The molecular formula is C16H27NO3S. The summed E-state index contributed by atoms with van der Waals surface area (Å²) < 4.78 is 32.4. The van der Waals surface area contributed by atoms with Gasteiger partial charge in [-0.15, -0.1) is 0 Å². The lowest BCUT2D eigenvalue weighted by molar-refractivity contribution is 0.410. The Labute approximate surface area is 129 Å². The standard InChI is InChI=1S/C16H27NO3S/c1-7-8-9-10-17(5)21(18,19)16-12(2)11-15(20-6)13(3)14(16)4/h11H,7-10H2,1-6H3. The van der Waals surface area contributed by atoms with Gasteiger partial charge in [-0.2, -0.15) is 0 Å². The molecule has 1 aromatic carbocycles. The zero-order valence-electron chi connectivity index (χ0n) is 14.0. The van der Waals surface area contributed by atoms with Gasteiger partial charge < -0.3 is 4.74 Å². The number of ether oxygens (including phenoxy) is 1. The van der Waals surface area contributed by atoms with Crippen molar-refractivity contribution in [2.45, 2.75) is 51.9 Å². The minimum atomic E-state index is -3.45. The second-order valence-electron chi connectivity index (χ2n) is 5.51. The van der Waals surface area contributed by atoms with E-state index in [2.05, 4.69) is 6.92 Å². The Morgan fingerprint density at radius 3 is 2.29 bits per heavy atom. The van der Waals surface area contributed by atoms with E-state index in [9.17, 15) is 8.42 Å². The highest BCUT2D eigenvalue weighted by atomic mass is 32.2. The molecule has 0 aliphatic heterocycles. The summed E-state index contributed by atoms with van der Waals surface area (Å²) >= 11 is 0. The van der Waals surface area contributed by atoms with Gasteiger partial charge in [-0.1, -0.05) is 19.8 Å². The van der Waals surface area contributed by atoms with Gasteiger partial charge in [0.1, 0.15) is 5.75 Å². The van der Waals surface area contributed by atoms with Crippen LogP contribution in [0.3, 0.4) is 0 Å². The smallest absolute Gasteiger partial charge is 0.243 e. The van der Waals surface area contributed by atoms with E-state index < -0.39 is 10.0 Å². The molecule has 0 spiro atoms. The molecule has 4 nitrogen and oxygen atoms in total. The Hall–Kier alpha value is -1.07. The molecule has 0 radical (unpaired) electrons. The van der Waals surface area contributed by atoms with Crippen LogP contribution in [0.4, 0.5) is 0 Å². The lowest BCUT2D eigenvalue weighted by Gasteiger charge is -2.22. The molecule has 0 aliphatic rings. The molecule has 21 heavy (non-hydrogen) atoms. The number of unbranched alkanes of at least 4 members (excludes halogenated alkanes) is 2. The first-order valence-electron chi connectivity index (χ1n) is 7.38. The third-order valence-corrected chi connectivity index (χ3v) is 6.09. The Kier molecular flexibility index (Phi) is 6.23. The van der Waals surface area contributed by atoms with Crippen LogP contribution in [-0.4, -0.2) is 33.4 Å². The lowest BCUT2D eigenvalue weighted by atomic mass is 10.1. The Morgan fingerprint density at radius 2 is 1.76 bits per heavy atom. The molecule has 5 heteroatoms. The van der Waals surface area contributed by atoms with Crippen LogP contribution in [0.5, 0.6) is 5.75 Å². The van der Waals surface area contributed by atoms with Crippen molar-refractivity contribution in [2.75, 3.05) is 20.7 Å². The minimum absolute atomic E-state index is 0.416. The number of benzene rings is 1. The summed E-state index contributed by atoms with van der Waals surface area (Å²) in [5.41, 5.74) is 2.38. The SMILES string of the molecule is CCCCCN(C)S(=O)(=O)c1c(C)cc(OC)c(C)c1C. The van der Waals surface area contributed by atoms with E-state index in [1.54, 1.807) is 20.2 Å². The maximum absolute atomic E-state index is 12.8. The third-order valence-electron chi connectivity index (χ3n) is 3.94. The molecule has 0 amide bonds. The highest BCUT2D eigenvalue weighted by molar-refractivity contribution is 7.89. The van der Waals surface area contributed by atoms with Crippen LogP contribution in [0.1, 0.15) is 42.9 Å². The Morgan fingerprint density at radius 1 is 1.14 bits per heavy atom. The molecule has 0 bridgehead atoms. The number of aryl methyl sites for hydroxylation is 1. The summed E-state index contributed by atoms with van der Waals surface area (Å²) in [6.07, 6.45) is 3.01. The minimum Gasteiger partial charge on any atom is -0.496 e. The summed E-state index contributed by atoms with van der Waals surface area (Å²) in [5, 5.41) is 0. The van der Waals surface area contributed by atoms with E-state index in [0.717, 1.165) is 41.7 Å². The fraction of sp³-hybridized carbons (Fsp3) is 0.625. The molecule has 0 saturated heterocycles. The van der Waals surface area contributed by atoms with Crippen molar-refractivity contribution < 1.29 is 13.2 Å². The van der Waals surface area contributed by atoms with Gasteiger partial charge in [-0.05, 0) is 49.9 Å². The first-order chi connectivity index (χ1) is 9.77. The van der Waals surface area contributed by atoms with E-state index in [1.807, 2.05) is 20.8 Å². The number of methoxy groups -OCH3 is 1. The fourth-order valence-electron chi connectivity index (χ4n) is 2.49. The van der Waals surface area contributed by atoms with Crippen LogP contribution in [0.2, 0.25) is 0 Å². The third kappa shape index (κ3) is 3.77. The summed E-state index contributed by atoms with van der Waals surface area (Å²) in [4.78, 5) is 0.416. The fourth-order valence-corrected chi connectivity index (χ4v) is 4.18. The molecule has 1 aromatic rings.